The highest BCUT2D eigenvalue weighted by molar-refractivity contribution is 7.46. The first-order valence-corrected chi connectivity index (χ1v) is 5.99. The number of hydrogen-bond acceptors (Lipinski definition) is 4. The van der Waals surface area contributed by atoms with Crippen LogP contribution in [0, 0.1) is 0 Å². The lowest BCUT2D eigenvalue weighted by molar-refractivity contribution is 0.199. The summed E-state index contributed by atoms with van der Waals surface area (Å²) < 4.78 is 14.2. The van der Waals surface area contributed by atoms with Crippen LogP contribution < -0.4 is 0 Å². The second-order valence-corrected chi connectivity index (χ2v) is 4.17. The Morgan fingerprint density at radius 3 is 2.25 bits per heavy atom. The molecule has 0 aliphatic heterocycles. The molecule has 0 spiro atoms. The molecule has 1 aromatic heterocycles. The normalized spacial score (nSPS) is 10.2. The Hall–Kier alpha value is -1.07. The lowest BCUT2D eigenvalue weighted by Gasteiger charge is -2.03. The molecule has 0 aliphatic carbocycles. The summed E-state index contributed by atoms with van der Waals surface area (Å²) in [6.45, 7) is 5.34. The lowest BCUT2D eigenvalue weighted by atomic mass is 10.3. The van der Waals surface area contributed by atoms with Crippen molar-refractivity contribution in [3.05, 3.63) is 36.9 Å². The predicted molar refractivity (Wildman–Crippen MR) is 59.5 cm³/mol. The van der Waals surface area contributed by atoms with E-state index >= 15 is 0 Å². The van der Waals surface area contributed by atoms with Gasteiger partial charge in [-0.15, -0.1) is 6.58 Å². The highest BCUT2D eigenvalue weighted by Gasteiger charge is 2.12. The fourth-order valence-electron chi connectivity index (χ4n) is 0.592. The first-order chi connectivity index (χ1) is 7.42. The van der Waals surface area contributed by atoms with E-state index in [1.165, 1.54) is 6.33 Å². The van der Waals surface area contributed by atoms with E-state index in [0.717, 1.165) is 5.57 Å². The zero-order chi connectivity index (χ0) is 12.4. The van der Waals surface area contributed by atoms with E-state index in [1.807, 2.05) is 0 Å². The summed E-state index contributed by atoms with van der Waals surface area (Å²) in [6, 6.07) is 1.78. The first kappa shape index (κ1) is 14.9. The third-order valence-corrected chi connectivity index (χ3v) is 1.78. The summed E-state index contributed by atoms with van der Waals surface area (Å²) in [5.74, 6) is 0. The molecular weight excluding hydrogens is 231 g/mol. The fourth-order valence-corrected chi connectivity index (χ4v) is 0.921. The second-order valence-electron chi connectivity index (χ2n) is 2.94. The van der Waals surface area contributed by atoms with Gasteiger partial charge in [0.1, 0.15) is 6.33 Å². The topological polar surface area (TPSA) is 92.5 Å². The monoisotopic (exact) mass is 246 g/mol. The number of phosphoric acid groups is 1. The van der Waals surface area contributed by atoms with Crippen LogP contribution in [0.25, 0.3) is 0 Å². The molecule has 90 valence electrons. The van der Waals surface area contributed by atoms with Crippen LogP contribution in [0.3, 0.4) is 0 Å². The van der Waals surface area contributed by atoms with Gasteiger partial charge in [0.25, 0.3) is 0 Å². The summed E-state index contributed by atoms with van der Waals surface area (Å²) >= 11 is 0. The third kappa shape index (κ3) is 12.9. The maximum absolute atomic E-state index is 10.1. The maximum Gasteiger partial charge on any atom is 0.469 e. The first-order valence-electron chi connectivity index (χ1n) is 4.46. The molecule has 2 N–H and O–H groups in total. The van der Waals surface area contributed by atoms with Gasteiger partial charge in [-0.05, 0) is 19.4 Å². The summed E-state index contributed by atoms with van der Waals surface area (Å²) in [7, 11) is -4.26. The maximum atomic E-state index is 10.1. The van der Waals surface area contributed by atoms with Crippen molar-refractivity contribution in [2.24, 2.45) is 0 Å². The van der Waals surface area contributed by atoms with E-state index in [2.05, 4.69) is 21.1 Å². The van der Waals surface area contributed by atoms with E-state index in [1.54, 1.807) is 25.4 Å². The molecule has 0 saturated carbocycles. The molecule has 0 fully saturated rings. The molecule has 1 heterocycles. The molecule has 0 amide bonds. The summed E-state index contributed by atoms with van der Waals surface area (Å²) in [6.07, 6.45) is 5.35. The van der Waals surface area contributed by atoms with E-state index in [0.29, 0.717) is 6.42 Å². The molecule has 0 radical (unpaired) electrons. The van der Waals surface area contributed by atoms with Crippen molar-refractivity contribution in [3.8, 4) is 0 Å². The van der Waals surface area contributed by atoms with Crippen molar-refractivity contribution in [2.75, 3.05) is 6.61 Å². The average molecular weight is 246 g/mol. The standard InChI is InChI=1S/C5H11O4P.C4H4N2/c1-5(2)3-4-9-10(6,7)8;1-2-5-4-6-3-1/h1,3-4H2,2H3,(H2,6,7,8);1-4H. The number of aromatic nitrogens is 2. The van der Waals surface area contributed by atoms with Crippen LogP contribution >= 0.6 is 7.82 Å². The van der Waals surface area contributed by atoms with Crippen molar-refractivity contribution in [2.45, 2.75) is 13.3 Å². The van der Waals surface area contributed by atoms with Crippen molar-refractivity contribution >= 4 is 7.82 Å². The fraction of sp³-hybridized carbons (Fsp3) is 0.333. The molecule has 16 heavy (non-hydrogen) atoms. The predicted octanol–water partition coefficient (Wildman–Crippen LogP) is 1.54. The van der Waals surface area contributed by atoms with Gasteiger partial charge in [-0.1, -0.05) is 5.57 Å². The number of nitrogens with zero attached hydrogens (tertiary/aromatic N) is 2. The van der Waals surface area contributed by atoms with Crippen LogP contribution in [0.15, 0.2) is 36.9 Å². The van der Waals surface area contributed by atoms with Crippen LogP contribution in [0.2, 0.25) is 0 Å². The zero-order valence-corrected chi connectivity index (χ0v) is 9.88. The van der Waals surface area contributed by atoms with Crippen molar-refractivity contribution in [1.82, 2.24) is 9.97 Å². The smallest absolute Gasteiger partial charge is 0.303 e. The van der Waals surface area contributed by atoms with E-state index in [-0.39, 0.29) is 6.61 Å². The second kappa shape index (κ2) is 8.13. The van der Waals surface area contributed by atoms with Crippen molar-refractivity contribution in [1.29, 1.82) is 0 Å². The van der Waals surface area contributed by atoms with Gasteiger partial charge in [-0.2, -0.15) is 0 Å². The quantitative estimate of drug-likeness (QED) is 0.618. The molecule has 6 nitrogen and oxygen atoms in total. The molecule has 0 bridgehead atoms. The minimum Gasteiger partial charge on any atom is -0.303 e. The Morgan fingerprint density at radius 2 is 2.00 bits per heavy atom. The lowest BCUT2D eigenvalue weighted by Crippen LogP contribution is -1.91. The van der Waals surface area contributed by atoms with E-state index in [9.17, 15) is 4.57 Å². The zero-order valence-electron chi connectivity index (χ0n) is 8.98. The van der Waals surface area contributed by atoms with Crippen LogP contribution in [0.5, 0.6) is 0 Å². The van der Waals surface area contributed by atoms with Crippen molar-refractivity contribution in [3.63, 3.8) is 0 Å². The molecule has 0 aliphatic rings. The molecule has 0 atom stereocenters. The van der Waals surface area contributed by atoms with Crippen LogP contribution in [0.1, 0.15) is 13.3 Å². The van der Waals surface area contributed by atoms with Gasteiger partial charge in [-0.3, -0.25) is 4.52 Å². The van der Waals surface area contributed by atoms with Gasteiger partial charge in [-0.25, -0.2) is 14.5 Å². The molecule has 7 heteroatoms. The van der Waals surface area contributed by atoms with Gasteiger partial charge < -0.3 is 9.79 Å². The van der Waals surface area contributed by atoms with Crippen LogP contribution in [-0.2, 0) is 9.09 Å². The molecule has 0 unspecified atom stereocenters. The summed E-state index contributed by atoms with van der Waals surface area (Å²) in [5.41, 5.74) is 0.841. The largest absolute Gasteiger partial charge is 0.469 e. The highest BCUT2D eigenvalue weighted by atomic mass is 31.2. The van der Waals surface area contributed by atoms with Gasteiger partial charge in [0.15, 0.2) is 0 Å². The molecule has 1 aromatic rings. The minimum atomic E-state index is -4.26. The third-order valence-electron chi connectivity index (χ3n) is 1.27. The highest BCUT2D eigenvalue weighted by Crippen LogP contribution is 2.35. The Balaban J connectivity index is 0.000000315. The molecular formula is C9H15N2O4P. The Kier molecular flexibility index (Phi) is 7.58. The van der Waals surface area contributed by atoms with Crippen LogP contribution in [0.4, 0.5) is 0 Å². The van der Waals surface area contributed by atoms with E-state index < -0.39 is 7.82 Å². The Bertz CT molecular complexity index is 312. The van der Waals surface area contributed by atoms with Gasteiger partial charge in [0.05, 0.1) is 6.61 Å². The minimum absolute atomic E-state index is 0.0274. The number of phosphoric ester groups is 1. The van der Waals surface area contributed by atoms with Crippen molar-refractivity contribution < 1.29 is 18.9 Å². The Labute approximate surface area is 94.3 Å². The molecule has 0 saturated heterocycles. The average Bonchev–Trinajstić information content (AvgIpc) is 2.18. The van der Waals surface area contributed by atoms with Gasteiger partial charge >= 0.3 is 7.82 Å². The van der Waals surface area contributed by atoms with Gasteiger partial charge in [0.2, 0.25) is 0 Å². The van der Waals surface area contributed by atoms with Gasteiger partial charge in [0, 0.05) is 12.4 Å². The molecule has 1 rings (SSSR count). The molecule has 0 aromatic carbocycles. The van der Waals surface area contributed by atoms with Crippen LogP contribution in [-0.4, -0.2) is 26.4 Å². The summed E-state index contributed by atoms with van der Waals surface area (Å²) in [4.78, 5) is 23.7. The number of hydrogen-bond donors (Lipinski definition) is 2. The Morgan fingerprint density at radius 1 is 1.44 bits per heavy atom. The summed E-state index contributed by atoms with van der Waals surface area (Å²) in [5, 5.41) is 0. The SMILES string of the molecule is C=C(C)CCOP(=O)(O)O.c1cncnc1. The van der Waals surface area contributed by atoms with E-state index in [4.69, 9.17) is 9.79 Å². The number of rotatable bonds is 4.